The normalized spacial score (nSPS) is 15.4. The number of anilines is 1. The Hall–Kier alpha value is -4.69. The van der Waals surface area contributed by atoms with Crippen molar-refractivity contribution >= 4 is 58.5 Å². The van der Waals surface area contributed by atoms with Crippen LogP contribution in [0, 0.1) is 0 Å². The molecule has 2 atom stereocenters. The average molecular weight is 658 g/mol. The molecular formula is C30H30Cl2N6O7. The van der Waals surface area contributed by atoms with Crippen molar-refractivity contribution in [3.63, 3.8) is 0 Å². The molecule has 3 aromatic carbocycles. The third-order valence-corrected chi connectivity index (χ3v) is 7.12. The number of esters is 1. The standard InChI is InChI=1S/C30H30Cl2N6O7/c1-45-28(43)30(44,38-27(42)25-22(31)11-19(12-23(25)32)17-6-3-2-4-7-17)16-36-24(40)15-33-26(41)18-8-5-9-20(10-18)37-29-34-13-21(39)14-35-29/h2-12,21,39,44H,13-16H2,1H3,(H,33,41)(H,36,40)(H,38,42)(H2,34,35,37). The summed E-state index contributed by atoms with van der Waals surface area (Å²) in [6.07, 6.45) is -0.576. The highest BCUT2D eigenvalue weighted by molar-refractivity contribution is 6.40. The lowest BCUT2D eigenvalue weighted by atomic mass is 10.0. The van der Waals surface area contributed by atoms with Gasteiger partial charge in [-0.1, -0.05) is 59.6 Å². The number of β-amino-alcohol motifs (C(OH)–C–C–N with tert-alkyl or cyclic N) is 1. The maximum absolute atomic E-state index is 13.1. The highest BCUT2D eigenvalue weighted by atomic mass is 35.5. The fraction of sp³-hybridized carbons (Fsp3) is 0.233. The third kappa shape index (κ3) is 8.70. The summed E-state index contributed by atoms with van der Waals surface area (Å²) in [4.78, 5) is 54.9. The van der Waals surface area contributed by atoms with E-state index in [-0.39, 0.29) is 27.7 Å². The highest BCUT2D eigenvalue weighted by Crippen LogP contribution is 2.32. The van der Waals surface area contributed by atoms with E-state index in [1.807, 2.05) is 30.3 Å². The molecule has 0 bridgehead atoms. The van der Waals surface area contributed by atoms with Crippen molar-refractivity contribution in [3.8, 4) is 11.1 Å². The van der Waals surface area contributed by atoms with E-state index in [0.717, 1.165) is 12.7 Å². The van der Waals surface area contributed by atoms with E-state index in [1.54, 1.807) is 12.1 Å². The first-order chi connectivity index (χ1) is 21.5. The maximum Gasteiger partial charge on any atom is 0.361 e. The van der Waals surface area contributed by atoms with Gasteiger partial charge >= 0.3 is 5.97 Å². The molecule has 1 heterocycles. The van der Waals surface area contributed by atoms with Gasteiger partial charge in [0.25, 0.3) is 17.5 Å². The van der Waals surface area contributed by atoms with E-state index in [9.17, 15) is 29.4 Å². The molecule has 0 spiro atoms. The van der Waals surface area contributed by atoms with Crippen LogP contribution in [0.2, 0.25) is 10.0 Å². The SMILES string of the molecule is COC(=O)C(O)(CNC(=O)CNC(=O)c1cccc(NC2=NCC(O)CN2)c1)NC(=O)c1c(Cl)cc(-c2ccccc2)cc1Cl. The van der Waals surface area contributed by atoms with Crippen LogP contribution in [0.15, 0.2) is 71.7 Å². The number of nitrogens with one attached hydrogen (secondary N) is 5. The van der Waals surface area contributed by atoms with Crippen LogP contribution in [-0.2, 0) is 14.3 Å². The number of carbonyl (C=O) groups excluding carboxylic acids is 4. The molecule has 0 saturated carbocycles. The van der Waals surface area contributed by atoms with Crippen LogP contribution in [0.1, 0.15) is 20.7 Å². The zero-order valence-electron chi connectivity index (χ0n) is 23.9. The Balaban J connectivity index is 1.35. The summed E-state index contributed by atoms with van der Waals surface area (Å²) in [7, 11) is 0.985. The lowest BCUT2D eigenvalue weighted by Crippen LogP contribution is -2.61. The molecule has 1 aliphatic heterocycles. The van der Waals surface area contributed by atoms with E-state index in [0.29, 0.717) is 23.8 Å². The monoisotopic (exact) mass is 656 g/mol. The Morgan fingerprint density at radius 1 is 0.978 bits per heavy atom. The molecule has 0 aromatic heterocycles. The van der Waals surface area contributed by atoms with E-state index in [1.165, 1.54) is 24.3 Å². The van der Waals surface area contributed by atoms with Gasteiger partial charge in [0.1, 0.15) is 0 Å². The number of methoxy groups -OCH3 is 1. The number of carbonyl (C=O) groups is 4. The molecule has 7 N–H and O–H groups in total. The summed E-state index contributed by atoms with van der Waals surface area (Å²) < 4.78 is 4.63. The third-order valence-electron chi connectivity index (χ3n) is 6.52. The predicted molar refractivity (Wildman–Crippen MR) is 168 cm³/mol. The number of halogens is 2. The van der Waals surface area contributed by atoms with Crippen molar-refractivity contribution in [2.45, 2.75) is 11.8 Å². The van der Waals surface area contributed by atoms with Gasteiger partial charge in [0.2, 0.25) is 5.91 Å². The summed E-state index contributed by atoms with van der Waals surface area (Å²) >= 11 is 12.7. The number of aliphatic imine (C=N–C) groups is 1. The van der Waals surface area contributed by atoms with Crippen LogP contribution in [-0.4, -0.2) is 85.0 Å². The minimum absolute atomic E-state index is 0.0427. The van der Waals surface area contributed by atoms with Gasteiger partial charge in [-0.2, -0.15) is 0 Å². The molecule has 0 saturated heterocycles. The van der Waals surface area contributed by atoms with Crippen LogP contribution in [0.3, 0.4) is 0 Å². The molecule has 4 rings (SSSR count). The smallest absolute Gasteiger partial charge is 0.361 e. The van der Waals surface area contributed by atoms with Crippen molar-refractivity contribution in [1.82, 2.24) is 21.3 Å². The minimum Gasteiger partial charge on any atom is -0.465 e. The quantitative estimate of drug-likeness (QED) is 0.125. The summed E-state index contributed by atoms with van der Waals surface area (Å²) in [6, 6.07) is 18.6. The molecule has 13 nitrogen and oxygen atoms in total. The number of amides is 3. The number of benzene rings is 3. The van der Waals surface area contributed by atoms with Gasteiger partial charge < -0.3 is 41.5 Å². The van der Waals surface area contributed by atoms with Gasteiger partial charge in [0.15, 0.2) is 5.96 Å². The molecule has 0 aliphatic carbocycles. The van der Waals surface area contributed by atoms with Crippen LogP contribution >= 0.6 is 23.2 Å². The first-order valence-corrected chi connectivity index (χ1v) is 14.3. The van der Waals surface area contributed by atoms with Gasteiger partial charge in [0, 0.05) is 17.8 Å². The molecule has 45 heavy (non-hydrogen) atoms. The lowest BCUT2D eigenvalue weighted by Gasteiger charge is -2.27. The second-order valence-electron chi connectivity index (χ2n) is 9.88. The number of nitrogens with zero attached hydrogens (tertiary/aromatic N) is 1. The Labute approximate surface area is 268 Å². The minimum atomic E-state index is -2.71. The van der Waals surface area contributed by atoms with E-state index in [4.69, 9.17) is 23.2 Å². The van der Waals surface area contributed by atoms with Crippen LogP contribution < -0.4 is 26.6 Å². The molecule has 15 heteroatoms. The van der Waals surface area contributed by atoms with Crippen molar-refractivity contribution < 1.29 is 34.1 Å². The first-order valence-electron chi connectivity index (χ1n) is 13.5. The Kier molecular flexibility index (Phi) is 11.0. The number of hydrogen-bond donors (Lipinski definition) is 7. The molecule has 0 radical (unpaired) electrons. The number of ether oxygens (including phenoxy) is 1. The average Bonchev–Trinajstić information content (AvgIpc) is 3.03. The summed E-state index contributed by atoms with van der Waals surface area (Å²) in [5.74, 6) is -3.20. The second kappa shape index (κ2) is 14.9. The number of aliphatic hydroxyl groups is 2. The largest absolute Gasteiger partial charge is 0.465 e. The Bertz CT molecular complexity index is 1600. The number of rotatable bonds is 10. The van der Waals surface area contributed by atoms with E-state index >= 15 is 0 Å². The second-order valence-corrected chi connectivity index (χ2v) is 10.7. The van der Waals surface area contributed by atoms with E-state index < -0.39 is 48.6 Å². The number of hydrogen-bond acceptors (Lipinski definition) is 10. The fourth-order valence-corrected chi connectivity index (χ4v) is 4.87. The van der Waals surface area contributed by atoms with Crippen molar-refractivity contribution in [2.75, 3.05) is 38.6 Å². The Morgan fingerprint density at radius 3 is 2.33 bits per heavy atom. The zero-order valence-corrected chi connectivity index (χ0v) is 25.4. The van der Waals surface area contributed by atoms with Gasteiger partial charge in [-0.15, -0.1) is 0 Å². The number of guanidine groups is 1. The fourth-order valence-electron chi connectivity index (χ4n) is 4.22. The van der Waals surface area contributed by atoms with Gasteiger partial charge in [-0.25, -0.2) is 4.79 Å². The summed E-state index contributed by atoms with van der Waals surface area (Å²) in [5, 5.41) is 33.2. The highest BCUT2D eigenvalue weighted by Gasteiger charge is 2.40. The molecule has 1 aliphatic rings. The summed E-state index contributed by atoms with van der Waals surface area (Å²) in [6.45, 7) is -0.755. The zero-order chi connectivity index (χ0) is 32.6. The van der Waals surface area contributed by atoms with E-state index in [2.05, 4.69) is 36.3 Å². The number of aliphatic hydroxyl groups excluding tert-OH is 1. The van der Waals surface area contributed by atoms with Crippen LogP contribution in [0.25, 0.3) is 11.1 Å². The molecule has 3 aromatic rings. The molecule has 3 amide bonds. The van der Waals surface area contributed by atoms with Gasteiger partial charge in [0.05, 0.1) is 48.5 Å². The Morgan fingerprint density at radius 2 is 1.69 bits per heavy atom. The van der Waals surface area contributed by atoms with Gasteiger partial charge in [-0.3, -0.25) is 19.4 Å². The molecule has 236 valence electrons. The van der Waals surface area contributed by atoms with Crippen molar-refractivity contribution in [1.29, 1.82) is 0 Å². The van der Waals surface area contributed by atoms with Crippen LogP contribution in [0.4, 0.5) is 5.69 Å². The lowest BCUT2D eigenvalue weighted by molar-refractivity contribution is -0.164. The predicted octanol–water partition coefficient (Wildman–Crippen LogP) is 1.53. The molecule has 2 unspecified atom stereocenters. The molecular weight excluding hydrogens is 627 g/mol. The molecule has 0 fully saturated rings. The topological polar surface area (TPSA) is 190 Å². The van der Waals surface area contributed by atoms with Crippen LogP contribution in [0.5, 0.6) is 0 Å². The van der Waals surface area contributed by atoms with Crippen molar-refractivity contribution in [2.24, 2.45) is 4.99 Å². The maximum atomic E-state index is 13.1. The van der Waals surface area contributed by atoms with Crippen molar-refractivity contribution in [3.05, 3.63) is 87.9 Å². The summed E-state index contributed by atoms with van der Waals surface area (Å²) in [5.41, 5.74) is -0.703. The van der Waals surface area contributed by atoms with Gasteiger partial charge in [-0.05, 0) is 41.5 Å². The first kappa shape index (κ1) is 33.2.